The molecule has 3 heterocycles. The predicted octanol–water partition coefficient (Wildman–Crippen LogP) is 3.44. The normalized spacial score (nSPS) is 23.5. The summed E-state index contributed by atoms with van der Waals surface area (Å²) in [4.78, 5) is 17.2. The van der Waals surface area contributed by atoms with Gasteiger partial charge in [0.2, 0.25) is 5.91 Å². The molecule has 1 aromatic heterocycles. The minimum Gasteiger partial charge on any atom is -0.361 e. The molecular weight excluding hydrogens is 345 g/mol. The number of nitrogens with zero attached hydrogens (tertiary/aromatic N) is 3. The van der Waals surface area contributed by atoms with Crippen LogP contribution in [-0.2, 0) is 17.9 Å². The topological polar surface area (TPSA) is 49.6 Å². The summed E-state index contributed by atoms with van der Waals surface area (Å²) in [6.07, 6.45) is 2.58. The summed E-state index contributed by atoms with van der Waals surface area (Å²) in [5, 5.41) is 4.05. The molecule has 2 aromatic rings. The van der Waals surface area contributed by atoms with Gasteiger partial charge in [-0.3, -0.25) is 9.69 Å². The SMILES string of the molecule is Cc1noc(C)c1CN1C[C@H]2CCCC(=O)N(Cc3cccc(F)c3)[C@H]2C1. The molecule has 0 saturated carbocycles. The number of hydrogen-bond donors (Lipinski definition) is 0. The number of benzene rings is 1. The number of aromatic nitrogens is 1. The molecule has 2 aliphatic rings. The number of carbonyl (C=O) groups is 1. The third-order valence-corrected chi connectivity index (χ3v) is 5.97. The Kier molecular flexibility index (Phi) is 5.00. The average molecular weight is 371 g/mol. The van der Waals surface area contributed by atoms with Crippen molar-refractivity contribution in [1.29, 1.82) is 0 Å². The summed E-state index contributed by atoms with van der Waals surface area (Å²) in [5.41, 5.74) is 2.94. The molecule has 0 aliphatic carbocycles. The van der Waals surface area contributed by atoms with E-state index in [1.54, 1.807) is 6.07 Å². The molecule has 2 atom stereocenters. The van der Waals surface area contributed by atoms with Crippen LogP contribution in [0, 0.1) is 25.6 Å². The first-order chi connectivity index (χ1) is 13.0. The van der Waals surface area contributed by atoms with Gasteiger partial charge in [0.15, 0.2) is 0 Å². The smallest absolute Gasteiger partial charge is 0.223 e. The van der Waals surface area contributed by atoms with Gasteiger partial charge >= 0.3 is 0 Å². The average Bonchev–Trinajstić information content (AvgIpc) is 3.13. The molecule has 27 heavy (non-hydrogen) atoms. The monoisotopic (exact) mass is 371 g/mol. The van der Waals surface area contributed by atoms with Crippen molar-refractivity contribution >= 4 is 5.91 Å². The molecule has 2 saturated heterocycles. The van der Waals surface area contributed by atoms with Crippen molar-refractivity contribution in [3.8, 4) is 0 Å². The Labute approximate surface area is 159 Å². The Balaban J connectivity index is 1.52. The lowest BCUT2D eigenvalue weighted by molar-refractivity contribution is -0.133. The Morgan fingerprint density at radius 1 is 1.26 bits per heavy atom. The van der Waals surface area contributed by atoms with Gasteiger partial charge in [-0.15, -0.1) is 0 Å². The first kappa shape index (κ1) is 18.2. The summed E-state index contributed by atoms with van der Waals surface area (Å²) in [7, 11) is 0. The fraction of sp³-hybridized carbons (Fsp3) is 0.524. The summed E-state index contributed by atoms with van der Waals surface area (Å²) in [5.74, 6) is 1.27. The van der Waals surface area contributed by atoms with Crippen LogP contribution in [-0.4, -0.2) is 40.0 Å². The van der Waals surface area contributed by atoms with E-state index >= 15 is 0 Å². The standard InChI is InChI=1S/C21H26FN3O2/c1-14-19(15(2)27-23-14)12-24-11-17-6-4-8-21(26)25(20(17)13-24)10-16-5-3-7-18(22)9-16/h3,5,7,9,17,20H,4,6,8,10-13H2,1-2H3/t17-,20+/m1/s1. The second kappa shape index (κ2) is 7.43. The number of fused-ring (bicyclic) bond motifs is 1. The summed E-state index contributed by atoms with van der Waals surface area (Å²) < 4.78 is 18.9. The van der Waals surface area contributed by atoms with Crippen LogP contribution in [0.25, 0.3) is 0 Å². The molecule has 0 spiro atoms. The maximum Gasteiger partial charge on any atom is 0.223 e. The molecule has 5 nitrogen and oxygen atoms in total. The fourth-order valence-corrected chi connectivity index (χ4v) is 4.54. The zero-order chi connectivity index (χ0) is 19.0. The lowest BCUT2D eigenvalue weighted by Gasteiger charge is -2.30. The second-order valence-electron chi connectivity index (χ2n) is 7.87. The van der Waals surface area contributed by atoms with Gasteiger partial charge in [-0.05, 0) is 50.3 Å². The second-order valence-corrected chi connectivity index (χ2v) is 7.87. The van der Waals surface area contributed by atoms with Crippen LogP contribution in [0.15, 0.2) is 28.8 Å². The third-order valence-electron chi connectivity index (χ3n) is 5.97. The summed E-state index contributed by atoms with van der Waals surface area (Å²) in [6, 6.07) is 6.76. The van der Waals surface area contributed by atoms with Crippen molar-refractivity contribution in [1.82, 2.24) is 15.0 Å². The lowest BCUT2D eigenvalue weighted by atomic mass is 9.98. The van der Waals surface area contributed by atoms with Crippen LogP contribution < -0.4 is 0 Å². The first-order valence-electron chi connectivity index (χ1n) is 9.69. The van der Waals surface area contributed by atoms with Gasteiger partial charge in [0.05, 0.1) is 5.69 Å². The van der Waals surface area contributed by atoms with Crippen molar-refractivity contribution < 1.29 is 13.7 Å². The van der Waals surface area contributed by atoms with Gasteiger partial charge in [0, 0.05) is 44.2 Å². The third kappa shape index (κ3) is 3.76. The van der Waals surface area contributed by atoms with Crippen molar-refractivity contribution in [2.45, 2.75) is 52.2 Å². The van der Waals surface area contributed by atoms with E-state index < -0.39 is 0 Å². The molecule has 1 aromatic carbocycles. The molecule has 0 radical (unpaired) electrons. The van der Waals surface area contributed by atoms with Crippen molar-refractivity contribution in [3.05, 3.63) is 52.7 Å². The lowest BCUT2D eigenvalue weighted by Crippen LogP contribution is -2.42. The number of carbonyl (C=O) groups excluding carboxylic acids is 1. The van der Waals surface area contributed by atoms with Gasteiger partial charge in [0.1, 0.15) is 11.6 Å². The molecule has 6 heteroatoms. The first-order valence-corrected chi connectivity index (χ1v) is 9.69. The van der Waals surface area contributed by atoms with Crippen LogP contribution in [0.3, 0.4) is 0 Å². The van der Waals surface area contributed by atoms with Gasteiger partial charge in [-0.25, -0.2) is 4.39 Å². The van der Waals surface area contributed by atoms with Crippen molar-refractivity contribution in [3.63, 3.8) is 0 Å². The van der Waals surface area contributed by atoms with Gasteiger partial charge < -0.3 is 9.42 Å². The molecule has 2 aliphatic heterocycles. The van der Waals surface area contributed by atoms with E-state index in [1.165, 1.54) is 12.1 Å². The molecule has 2 fully saturated rings. The molecule has 4 rings (SSSR count). The Bertz CT molecular complexity index is 815. The van der Waals surface area contributed by atoms with E-state index in [0.717, 1.165) is 55.1 Å². The number of hydrogen-bond acceptors (Lipinski definition) is 4. The molecule has 0 bridgehead atoms. The highest BCUT2D eigenvalue weighted by atomic mass is 19.1. The predicted molar refractivity (Wildman–Crippen MR) is 99.3 cm³/mol. The van der Waals surface area contributed by atoms with Crippen LogP contribution in [0.2, 0.25) is 0 Å². The van der Waals surface area contributed by atoms with Crippen molar-refractivity contribution in [2.75, 3.05) is 13.1 Å². The minimum atomic E-state index is -0.252. The van der Waals surface area contributed by atoms with E-state index in [0.29, 0.717) is 18.9 Å². The maximum atomic E-state index is 13.6. The van der Waals surface area contributed by atoms with Crippen molar-refractivity contribution in [2.24, 2.45) is 5.92 Å². The molecule has 0 N–H and O–H groups in total. The largest absolute Gasteiger partial charge is 0.361 e. The quantitative estimate of drug-likeness (QED) is 0.826. The molecule has 1 amide bonds. The zero-order valence-corrected chi connectivity index (χ0v) is 15.9. The molecule has 0 unspecified atom stereocenters. The van der Waals surface area contributed by atoms with Crippen LogP contribution in [0.1, 0.15) is 41.8 Å². The Morgan fingerprint density at radius 3 is 2.85 bits per heavy atom. The van der Waals surface area contributed by atoms with E-state index in [1.807, 2.05) is 24.8 Å². The fourth-order valence-electron chi connectivity index (χ4n) is 4.54. The number of amides is 1. The van der Waals surface area contributed by atoms with Gasteiger partial charge in [0.25, 0.3) is 0 Å². The highest BCUT2D eigenvalue weighted by Crippen LogP contribution is 2.33. The number of likely N-dealkylation sites (tertiary alicyclic amines) is 2. The zero-order valence-electron chi connectivity index (χ0n) is 15.9. The minimum absolute atomic E-state index is 0.184. The Hall–Kier alpha value is -2.21. The number of aryl methyl sites for hydroxylation is 2. The van der Waals surface area contributed by atoms with Gasteiger partial charge in [-0.1, -0.05) is 17.3 Å². The van der Waals surface area contributed by atoms with E-state index in [-0.39, 0.29) is 17.8 Å². The summed E-state index contributed by atoms with van der Waals surface area (Å²) >= 11 is 0. The molecular formula is C21H26FN3O2. The number of halogens is 1. The van der Waals surface area contributed by atoms with Crippen LogP contribution in [0.5, 0.6) is 0 Å². The summed E-state index contributed by atoms with van der Waals surface area (Å²) in [6.45, 7) is 7.02. The Morgan fingerprint density at radius 2 is 2.11 bits per heavy atom. The highest BCUT2D eigenvalue weighted by Gasteiger charge is 2.40. The highest BCUT2D eigenvalue weighted by molar-refractivity contribution is 5.77. The maximum absolute atomic E-state index is 13.6. The van der Waals surface area contributed by atoms with Gasteiger partial charge in [-0.2, -0.15) is 0 Å². The van der Waals surface area contributed by atoms with Crippen LogP contribution in [0.4, 0.5) is 4.39 Å². The molecule has 144 valence electrons. The van der Waals surface area contributed by atoms with Crippen LogP contribution >= 0.6 is 0 Å². The number of rotatable bonds is 4. The van der Waals surface area contributed by atoms with E-state index in [4.69, 9.17) is 4.52 Å². The van der Waals surface area contributed by atoms with E-state index in [2.05, 4.69) is 10.1 Å². The van der Waals surface area contributed by atoms with E-state index in [9.17, 15) is 9.18 Å².